The Morgan fingerprint density at radius 3 is 2.61 bits per heavy atom. The van der Waals surface area contributed by atoms with E-state index in [1.54, 1.807) is 29.7 Å². The number of carbonyl (C=O) groups is 1. The molecule has 0 radical (unpaired) electrons. The summed E-state index contributed by atoms with van der Waals surface area (Å²) in [4.78, 5) is 19.5. The van der Waals surface area contributed by atoms with E-state index in [0.29, 0.717) is 38.0 Å². The molecule has 1 N–H and O–H groups in total. The van der Waals surface area contributed by atoms with E-state index in [1.165, 1.54) is 4.88 Å². The predicted molar refractivity (Wildman–Crippen MR) is 168 cm³/mol. The molecule has 0 aliphatic heterocycles. The van der Waals surface area contributed by atoms with Gasteiger partial charge in [0.25, 0.3) is 5.91 Å². The zero-order valence-corrected chi connectivity index (χ0v) is 25.3. The molecule has 0 unspecified atom stereocenters. The number of nitrogens with one attached hydrogen (secondary N) is 1. The number of aliphatic imine (C=N–C) groups is 1. The number of carbonyl (C=O) groups excluding carboxylic acids is 1. The lowest BCUT2D eigenvalue weighted by Gasteiger charge is -2.13. The third-order valence-electron chi connectivity index (χ3n) is 6.14. The van der Waals surface area contributed by atoms with Gasteiger partial charge in [-0.25, -0.2) is 4.99 Å². The molecule has 1 heterocycles. The maximum absolute atomic E-state index is 13.4. The van der Waals surface area contributed by atoms with Crippen molar-refractivity contribution >= 4 is 91.5 Å². The molecule has 4 nitrogen and oxygen atoms in total. The Kier molecular flexibility index (Phi) is 8.95. The molecule has 0 bridgehead atoms. The number of fused-ring (bicyclic) bond motifs is 1. The van der Waals surface area contributed by atoms with Gasteiger partial charge in [-0.05, 0) is 95.8 Å². The molecule has 1 aromatic heterocycles. The number of anilines is 1. The van der Waals surface area contributed by atoms with Gasteiger partial charge in [0.2, 0.25) is 0 Å². The lowest BCUT2D eigenvalue weighted by atomic mass is 9.95. The summed E-state index contributed by atoms with van der Waals surface area (Å²) >= 11 is 22.4. The summed E-state index contributed by atoms with van der Waals surface area (Å²) in [5, 5.41) is 5.27. The van der Waals surface area contributed by atoms with Gasteiger partial charge >= 0.3 is 0 Å². The van der Waals surface area contributed by atoms with Crippen molar-refractivity contribution in [1.29, 1.82) is 0 Å². The quantitative estimate of drug-likeness (QED) is 0.155. The van der Waals surface area contributed by atoms with E-state index in [4.69, 9.17) is 44.5 Å². The molecule has 1 aliphatic rings. The summed E-state index contributed by atoms with van der Waals surface area (Å²) in [6, 6.07) is 18.5. The highest BCUT2D eigenvalue weighted by atomic mass is 127. The molecule has 0 spiro atoms. The topological polar surface area (TPSA) is 50.7 Å². The van der Waals surface area contributed by atoms with Crippen molar-refractivity contribution in [2.45, 2.75) is 32.3 Å². The van der Waals surface area contributed by atoms with Crippen molar-refractivity contribution in [2.75, 3.05) is 5.32 Å². The second kappa shape index (κ2) is 12.4. The fourth-order valence-electron chi connectivity index (χ4n) is 4.33. The first-order chi connectivity index (χ1) is 18.4. The van der Waals surface area contributed by atoms with E-state index in [1.807, 2.05) is 48.5 Å². The van der Waals surface area contributed by atoms with Crippen molar-refractivity contribution in [3.05, 3.63) is 106 Å². The van der Waals surface area contributed by atoms with Gasteiger partial charge < -0.3 is 10.1 Å². The van der Waals surface area contributed by atoms with E-state index in [-0.39, 0.29) is 5.91 Å². The molecule has 0 saturated heterocycles. The summed E-state index contributed by atoms with van der Waals surface area (Å²) in [6.07, 6.45) is 5.77. The summed E-state index contributed by atoms with van der Waals surface area (Å²) < 4.78 is 7.05. The van der Waals surface area contributed by atoms with Gasteiger partial charge in [-0.15, -0.1) is 11.3 Å². The van der Waals surface area contributed by atoms with Crippen LogP contribution >= 0.6 is 68.7 Å². The number of nitrogens with zero attached hydrogens (tertiary/aromatic N) is 1. The van der Waals surface area contributed by atoms with Gasteiger partial charge in [0.1, 0.15) is 17.4 Å². The van der Waals surface area contributed by atoms with Crippen molar-refractivity contribution in [3.63, 3.8) is 0 Å². The number of rotatable bonds is 7. The second-order valence-electron chi connectivity index (χ2n) is 8.81. The number of thiophene rings is 1. The van der Waals surface area contributed by atoms with E-state index < -0.39 is 0 Å². The minimum atomic E-state index is -0.139. The Morgan fingerprint density at radius 1 is 1.03 bits per heavy atom. The first-order valence-corrected chi connectivity index (χ1v) is 15.0. The van der Waals surface area contributed by atoms with Crippen LogP contribution in [0.1, 0.15) is 44.8 Å². The lowest BCUT2D eigenvalue weighted by molar-refractivity contribution is 0.102. The molecular weight excluding hydrogens is 674 g/mol. The van der Waals surface area contributed by atoms with Crippen LogP contribution in [-0.2, 0) is 19.4 Å². The van der Waals surface area contributed by atoms with Gasteiger partial charge in [-0.3, -0.25) is 4.79 Å². The van der Waals surface area contributed by atoms with Crippen LogP contribution in [0.4, 0.5) is 10.7 Å². The highest BCUT2D eigenvalue weighted by molar-refractivity contribution is 14.1. The number of aryl methyl sites for hydroxylation is 1. The van der Waals surface area contributed by atoms with Crippen molar-refractivity contribution in [2.24, 2.45) is 4.99 Å². The number of amides is 1. The Morgan fingerprint density at radius 2 is 1.82 bits per heavy atom. The van der Waals surface area contributed by atoms with E-state index in [2.05, 4.69) is 27.9 Å². The largest absolute Gasteiger partial charge is 0.487 e. The molecule has 38 heavy (non-hydrogen) atoms. The summed E-state index contributed by atoms with van der Waals surface area (Å²) in [5.41, 5.74) is 4.13. The van der Waals surface area contributed by atoms with Crippen LogP contribution in [0.3, 0.4) is 0 Å². The van der Waals surface area contributed by atoms with Gasteiger partial charge in [0.15, 0.2) is 0 Å². The van der Waals surface area contributed by atoms with Crippen molar-refractivity contribution in [1.82, 2.24) is 0 Å². The predicted octanol–water partition coefficient (Wildman–Crippen LogP) is 9.77. The molecule has 9 heteroatoms. The summed E-state index contributed by atoms with van der Waals surface area (Å²) in [6.45, 7) is 0.299. The monoisotopic (exact) mass is 694 g/mol. The maximum Gasteiger partial charge on any atom is 0.259 e. The fourth-order valence-corrected chi connectivity index (χ4v) is 7.10. The van der Waals surface area contributed by atoms with Crippen LogP contribution < -0.4 is 10.1 Å². The summed E-state index contributed by atoms with van der Waals surface area (Å²) in [7, 11) is 0. The number of hydrogen-bond donors (Lipinski definition) is 1. The lowest BCUT2D eigenvalue weighted by Crippen LogP contribution is -2.14. The smallest absolute Gasteiger partial charge is 0.259 e. The molecule has 0 atom stereocenters. The van der Waals surface area contributed by atoms with Crippen LogP contribution in [0.15, 0.2) is 65.7 Å². The van der Waals surface area contributed by atoms with Gasteiger partial charge in [0, 0.05) is 27.4 Å². The third kappa shape index (κ3) is 6.37. The SMILES string of the molecule is O=C(Nc1ccccc1)c1c(N=Cc2cc(Cl)cc(I)c2OCc2ccc(Cl)c(Cl)c2)sc2c1CCCC2. The molecule has 3 aromatic carbocycles. The van der Waals surface area contributed by atoms with E-state index >= 15 is 0 Å². The number of hydrogen-bond acceptors (Lipinski definition) is 4. The average Bonchev–Trinajstić information content (AvgIpc) is 3.28. The Labute approximate surface area is 254 Å². The number of halogens is 4. The maximum atomic E-state index is 13.4. The number of para-hydroxylation sites is 1. The third-order valence-corrected chi connectivity index (χ3v) is 9.09. The van der Waals surface area contributed by atoms with Crippen molar-refractivity contribution in [3.8, 4) is 5.75 Å². The van der Waals surface area contributed by atoms with Gasteiger partial charge in [-0.1, -0.05) is 59.1 Å². The molecule has 5 rings (SSSR count). The van der Waals surface area contributed by atoms with Gasteiger partial charge in [-0.2, -0.15) is 0 Å². The molecule has 194 valence electrons. The molecule has 0 saturated carbocycles. The number of benzene rings is 3. The minimum absolute atomic E-state index is 0.139. The zero-order chi connectivity index (χ0) is 26.6. The van der Waals surface area contributed by atoms with Gasteiger partial charge in [0.05, 0.1) is 19.2 Å². The molecule has 4 aromatic rings. The standard InChI is InChI=1S/C29H22Cl3IN2O2S/c30-19-13-18(27(24(33)14-19)37-16-17-10-11-22(31)23(32)12-17)15-34-29-26(21-8-4-5-9-25(21)38-29)28(36)35-20-6-2-1-3-7-20/h1-3,6-7,10-15H,4-5,8-9,16H2,(H,35,36). The Bertz CT molecular complexity index is 1520. The van der Waals surface area contributed by atoms with Crippen LogP contribution in [0.25, 0.3) is 0 Å². The van der Waals surface area contributed by atoms with Crippen LogP contribution in [0, 0.1) is 3.57 Å². The average molecular weight is 696 g/mol. The fraction of sp³-hybridized carbons (Fsp3) is 0.172. The highest BCUT2D eigenvalue weighted by Crippen LogP contribution is 2.41. The van der Waals surface area contributed by atoms with E-state index in [0.717, 1.165) is 51.6 Å². The zero-order valence-electron chi connectivity index (χ0n) is 20.1. The summed E-state index contributed by atoms with van der Waals surface area (Å²) in [5.74, 6) is 0.515. The Balaban J connectivity index is 1.46. The normalized spacial score (nSPS) is 12.9. The first-order valence-electron chi connectivity index (χ1n) is 12.0. The van der Waals surface area contributed by atoms with E-state index in [9.17, 15) is 4.79 Å². The Hall–Kier alpha value is -2.10. The van der Waals surface area contributed by atoms with Crippen LogP contribution in [0.5, 0.6) is 5.75 Å². The molecule has 1 aliphatic carbocycles. The van der Waals surface area contributed by atoms with Crippen LogP contribution in [0.2, 0.25) is 15.1 Å². The minimum Gasteiger partial charge on any atom is -0.487 e. The molecule has 0 fully saturated rings. The highest BCUT2D eigenvalue weighted by Gasteiger charge is 2.25. The second-order valence-corrected chi connectivity index (χ2v) is 12.3. The van der Waals surface area contributed by atoms with Crippen LogP contribution in [-0.4, -0.2) is 12.1 Å². The first kappa shape index (κ1) is 27.5. The van der Waals surface area contributed by atoms with Crippen molar-refractivity contribution < 1.29 is 9.53 Å². The molecule has 1 amide bonds. The number of ether oxygens (including phenoxy) is 1. The molecular formula is C29H22Cl3IN2O2S.